The Kier molecular flexibility index (Phi) is 10.5. The summed E-state index contributed by atoms with van der Waals surface area (Å²) in [5.74, 6) is -0.856. The Labute approximate surface area is 207 Å². The maximum atomic E-state index is 14.1. The van der Waals surface area contributed by atoms with Gasteiger partial charge in [-0.1, -0.05) is 63.1 Å². The van der Waals surface area contributed by atoms with Gasteiger partial charge < -0.3 is 19.5 Å². The number of hydrogen-bond donors (Lipinski definition) is 2. The Morgan fingerprint density at radius 1 is 0.800 bits per heavy atom. The molecular weight excluding hydrogens is 461 g/mol. The van der Waals surface area contributed by atoms with Crippen molar-refractivity contribution in [1.29, 1.82) is 0 Å². The summed E-state index contributed by atoms with van der Waals surface area (Å²) in [7, 11) is -3.68. The zero-order valence-corrected chi connectivity index (χ0v) is 21.2. The SMILES string of the molecule is CCCCOP(=O)(OCCCC)C(Nc1ccc(N=Nc2ccccc2)cc1)c1ccccc1O. The number of phenolic OH excluding ortho intramolecular Hbond substituents is 1. The average Bonchev–Trinajstić information content (AvgIpc) is 2.88. The van der Waals surface area contributed by atoms with Crippen molar-refractivity contribution >= 4 is 24.7 Å². The van der Waals surface area contributed by atoms with E-state index in [2.05, 4.69) is 15.5 Å². The van der Waals surface area contributed by atoms with Crippen LogP contribution in [0.2, 0.25) is 0 Å². The van der Waals surface area contributed by atoms with Gasteiger partial charge in [0, 0.05) is 11.3 Å². The fourth-order valence-corrected chi connectivity index (χ4v) is 5.30. The Morgan fingerprint density at radius 2 is 1.34 bits per heavy atom. The molecule has 35 heavy (non-hydrogen) atoms. The molecule has 0 aliphatic carbocycles. The van der Waals surface area contributed by atoms with Crippen LogP contribution in [0.15, 0.2) is 89.1 Å². The van der Waals surface area contributed by atoms with Gasteiger partial charge in [0.2, 0.25) is 0 Å². The maximum absolute atomic E-state index is 14.1. The van der Waals surface area contributed by atoms with Gasteiger partial charge >= 0.3 is 7.60 Å². The number of benzene rings is 3. The predicted octanol–water partition coefficient (Wildman–Crippen LogP) is 8.74. The van der Waals surface area contributed by atoms with Gasteiger partial charge in [-0.3, -0.25) is 4.57 Å². The van der Waals surface area contributed by atoms with Gasteiger partial charge in [0.05, 0.1) is 24.6 Å². The standard InChI is InChI=1S/C27H34N3O4P/c1-3-5-20-33-35(32,34-21-6-4-2)27(25-14-10-11-15-26(25)31)28-22-16-18-24(19-17-22)30-29-23-12-8-7-9-13-23/h7-19,27-28,31H,3-6,20-21H2,1-2H3. The third kappa shape index (κ3) is 8.03. The van der Waals surface area contributed by atoms with E-state index in [1.54, 1.807) is 24.3 Å². The number of phenols is 1. The van der Waals surface area contributed by atoms with E-state index in [1.165, 1.54) is 0 Å². The van der Waals surface area contributed by atoms with E-state index in [0.29, 0.717) is 30.2 Å². The summed E-state index contributed by atoms with van der Waals surface area (Å²) in [5, 5.41) is 22.4. The molecule has 186 valence electrons. The molecule has 0 fully saturated rings. The quantitative estimate of drug-likeness (QED) is 0.132. The zero-order chi connectivity index (χ0) is 24.9. The highest BCUT2D eigenvalue weighted by molar-refractivity contribution is 7.54. The van der Waals surface area contributed by atoms with E-state index in [1.807, 2.05) is 68.4 Å². The highest BCUT2D eigenvalue weighted by Crippen LogP contribution is 2.62. The number of aromatic hydroxyl groups is 1. The lowest BCUT2D eigenvalue weighted by Gasteiger charge is -2.29. The average molecular weight is 496 g/mol. The zero-order valence-electron chi connectivity index (χ0n) is 20.3. The highest BCUT2D eigenvalue weighted by atomic mass is 31.2. The first-order chi connectivity index (χ1) is 17.1. The van der Waals surface area contributed by atoms with Crippen LogP contribution in [0.4, 0.5) is 17.1 Å². The number of nitrogens with zero attached hydrogens (tertiary/aromatic N) is 2. The number of unbranched alkanes of at least 4 members (excludes halogenated alkanes) is 2. The van der Waals surface area contributed by atoms with Gasteiger partial charge in [-0.2, -0.15) is 10.2 Å². The molecular formula is C27H34N3O4P. The number of nitrogens with one attached hydrogen (secondary N) is 1. The van der Waals surface area contributed by atoms with Gasteiger partial charge in [0.25, 0.3) is 0 Å². The summed E-state index contributed by atoms with van der Waals surface area (Å²) in [6, 6.07) is 23.6. The predicted molar refractivity (Wildman–Crippen MR) is 141 cm³/mol. The second-order valence-corrected chi connectivity index (χ2v) is 10.2. The largest absolute Gasteiger partial charge is 0.508 e. The Morgan fingerprint density at radius 3 is 1.91 bits per heavy atom. The topological polar surface area (TPSA) is 92.5 Å². The van der Waals surface area contributed by atoms with Gasteiger partial charge in [-0.05, 0) is 55.3 Å². The van der Waals surface area contributed by atoms with Crippen LogP contribution in [0.3, 0.4) is 0 Å². The molecule has 0 bridgehead atoms. The third-order valence-corrected chi connectivity index (χ3v) is 7.42. The molecule has 3 rings (SSSR count). The minimum Gasteiger partial charge on any atom is -0.508 e. The van der Waals surface area contributed by atoms with E-state index in [-0.39, 0.29) is 5.75 Å². The van der Waals surface area contributed by atoms with Gasteiger partial charge in [0.15, 0.2) is 5.78 Å². The molecule has 0 saturated carbocycles. The molecule has 3 aromatic rings. The molecule has 0 aliphatic rings. The number of azo groups is 1. The molecule has 0 aromatic heterocycles. The van der Waals surface area contributed by atoms with Crippen molar-refractivity contribution in [3.8, 4) is 5.75 Å². The van der Waals surface area contributed by atoms with Crippen LogP contribution in [-0.4, -0.2) is 18.3 Å². The van der Waals surface area contributed by atoms with Crippen molar-refractivity contribution in [2.75, 3.05) is 18.5 Å². The molecule has 0 heterocycles. The van der Waals surface area contributed by atoms with Crippen molar-refractivity contribution in [1.82, 2.24) is 0 Å². The number of anilines is 1. The summed E-state index contributed by atoms with van der Waals surface area (Å²) in [6.45, 7) is 4.71. The van der Waals surface area contributed by atoms with Crippen molar-refractivity contribution in [2.24, 2.45) is 10.2 Å². The summed E-state index contributed by atoms with van der Waals surface area (Å²) >= 11 is 0. The lowest BCUT2D eigenvalue weighted by atomic mass is 10.2. The van der Waals surface area contributed by atoms with E-state index >= 15 is 0 Å². The van der Waals surface area contributed by atoms with Crippen LogP contribution in [0.5, 0.6) is 5.75 Å². The van der Waals surface area contributed by atoms with Crippen molar-refractivity contribution in [3.63, 3.8) is 0 Å². The smallest absolute Gasteiger partial charge is 0.357 e. The van der Waals surface area contributed by atoms with E-state index < -0.39 is 13.4 Å². The van der Waals surface area contributed by atoms with Gasteiger partial charge in [-0.25, -0.2) is 0 Å². The fourth-order valence-electron chi connectivity index (χ4n) is 3.30. The van der Waals surface area contributed by atoms with Crippen molar-refractivity contribution < 1.29 is 18.7 Å². The van der Waals surface area contributed by atoms with Crippen LogP contribution in [-0.2, 0) is 13.6 Å². The number of hydrogen-bond acceptors (Lipinski definition) is 7. The van der Waals surface area contributed by atoms with E-state index in [4.69, 9.17) is 9.05 Å². The highest BCUT2D eigenvalue weighted by Gasteiger charge is 2.39. The monoisotopic (exact) mass is 495 g/mol. The minimum absolute atomic E-state index is 0.0247. The maximum Gasteiger partial charge on any atom is 0.357 e. The molecule has 2 N–H and O–H groups in total. The van der Waals surface area contributed by atoms with Crippen LogP contribution >= 0.6 is 7.60 Å². The number of rotatable bonds is 14. The first kappa shape index (κ1) is 26.6. The first-order valence-corrected chi connectivity index (χ1v) is 13.7. The lowest BCUT2D eigenvalue weighted by molar-refractivity contribution is 0.194. The fraction of sp³-hybridized carbons (Fsp3) is 0.333. The molecule has 3 aromatic carbocycles. The molecule has 8 heteroatoms. The normalized spacial score (nSPS) is 12.6. The van der Waals surface area contributed by atoms with E-state index in [0.717, 1.165) is 31.4 Å². The van der Waals surface area contributed by atoms with Crippen molar-refractivity contribution in [3.05, 3.63) is 84.4 Å². The molecule has 7 nitrogen and oxygen atoms in total. The first-order valence-electron chi connectivity index (χ1n) is 12.1. The van der Waals surface area contributed by atoms with Crippen LogP contribution in [0.1, 0.15) is 50.9 Å². The number of para-hydroxylation sites is 1. The molecule has 0 spiro atoms. The van der Waals surface area contributed by atoms with Gasteiger partial charge in [-0.15, -0.1) is 0 Å². The second-order valence-electron chi connectivity index (χ2n) is 8.10. The van der Waals surface area contributed by atoms with E-state index in [9.17, 15) is 9.67 Å². The summed E-state index contributed by atoms with van der Waals surface area (Å²) < 4.78 is 25.9. The van der Waals surface area contributed by atoms with Crippen LogP contribution in [0.25, 0.3) is 0 Å². The molecule has 1 atom stereocenters. The van der Waals surface area contributed by atoms with Crippen LogP contribution in [0, 0.1) is 0 Å². The third-order valence-electron chi connectivity index (χ3n) is 5.29. The molecule has 0 amide bonds. The summed E-state index contributed by atoms with van der Waals surface area (Å²) in [5.41, 5.74) is 2.59. The Hall–Kier alpha value is -2.99. The van der Waals surface area contributed by atoms with Crippen LogP contribution < -0.4 is 5.32 Å². The van der Waals surface area contributed by atoms with Gasteiger partial charge in [0.1, 0.15) is 5.75 Å². The Bertz CT molecular complexity index is 1090. The summed E-state index contributed by atoms with van der Waals surface area (Å²) in [6.07, 6.45) is 3.33. The Balaban J connectivity index is 1.87. The molecule has 1 unspecified atom stereocenters. The minimum atomic E-state index is -3.68. The molecule has 0 saturated heterocycles. The summed E-state index contributed by atoms with van der Waals surface area (Å²) in [4.78, 5) is 0. The lowest BCUT2D eigenvalue weighted by Crippen LogP contribution is -2.16. The second kappa shape index (κ2) is 13.8. The molecule has 0 radical (unpaired) electrons. The molecule has 0 aliphatic heterocycles. The van der Waals surface area contributed by atoms with Crippen molar-refractivity contribution in [2.45, 2.75) is 45.3 Å².